The summed E-state index contributed by atoms with van der Waals surface area (Å²) < 4.78 is 26.6. The molecule has 1 atom stereocenters. The molecule has 0 aliphatic rings. The Hall–Kier alpha value is -0.620. The van der Waals surface area contributed by atoms with Crippen LogP contribution in [-0.4, -0.2) is 26.2 Å². The number of sulfonamides is 1. The molecule has 4 nitrogen and oxygen atoms in total. The minimum absolute atomic E-state index is 0.137. The van der Waals surface area contributed by atoms with Crippen LogP contribution in [0.15, 0.2) is 23.1 Å². The van der Waals surface area contributed by atoms with Crippen LogP contribution < -0.4 is 4.72 Å². The average Bonchev–Trinajstić information content (AvgIpc) is 2.31. The van der Waals surface area contributed by atoms with Crippen molar-refractivity contribution in [3.05, 3.63) is 28.8 Å². The van der Waals surface area contributed by atoms with E-state index in [1.807, 2.05) is 27.7 Å². The summed E-state index contributed by atoms with van der Waals surface area (Å²) in [6.45, 7) is 7.72. The maximum atomic E-state index is 12.1. The first-order valence-corrected chi connectivity index (χ1v) is 8.34. The molecular formula is C14H22ClNO3S. The Kier molecular flexibility index (Phi) is 5.61. The van der Waals surface area contributed by atoms with Crippen molar-refractivity contribution in [2.45, 2.75) is 45.1 Å². The topological polar surface area (TPSA) is 66.4 Å². The van der Waals surface area contributed by atoms with Crippen LogP contribution >= 0.6 is 11.6 Å². The summed E-state index contributed by atoms with van der Waals surface area (Å²) in [6.07, 6.45) is -0.200. The van der Waals surface area contributed by atoms with Gasteiger partial charge in [-0.1, -0.05) is 38.4 Å². The van der Waals surface area contributed by atoms with Crippen molar-refractivity contribution in [1.29, 1.82) is 0 Å². The normalized spacial score (nSPS) is 14.3. The van der Waals surface area contributed by atoms with Crippen LogP contribution in [0.3, 0.4) is 0 Å². The fourth-order valence-electron chi connectivity index (χ4n) is 1.59. The van der Waals surface area contributed by atoms with Crippen molar-refractivity contribution in [2.75, 3.05) is 6.54 Å². The fourth-order valence-corrected chi connectivity index (χ4v) is 2.91. The number of hydrogen-bond donors (Lipinski definition) is 2. The van der Waals surface area contributed by atoms with E-state index < -0.39 is 16.1 Å². The molecule has 0 saturated carbocycles. The highest BCUT2D eigenvalue weighted by Crippen LogP contribution is 2.22. The maximum absolute atomic E-state index is 12.1. The van der Waals surface area contributed by atoms with Gasteiger partial charge in [0.05, 0.1) is 11.0 Å². The summed E-state index contributed by atoms with van der Waals surface area (Å²) in [5, 5.41) is 10.3. The van der Waals surface area contributed by atoms with E-state index in [9.17, 15) is 13.5 Å². The Morgan fingerprint density at radius 3 is 2.45 bits per heavy atom. The van der Waals surface area contributed by atoms with Crippen molar-refractivity contribution in [3.8, 4) is 0 Å². The first-order chi connectivity index (χ1) is 9.04. The van der Waals surface area contributed by atoms with Crippen LogP contribution in [0, 0.1) is 12.3 Å². The molecule has 0 unspecified atom stereocenters. The van der Waals surface area contributed by atoms with Crippen molar-refractivity contribution in [3.63, 3.8) is 0 Å². The largest absolute Gasteiger partial charge is 0.393 e. The van der Waals surface area contributed by atoms with E-state index in [0.29, 0.717) is 11.4 Å². The number of aliphatic hydroxyl groups is 1. The van der Waals surface area contributed by atoms with Crippen LogP contribution in [0.2, 0.25) is 5.02 Å². The molecule has 0 heterocycles. The van der Waals surface area contributed by atoms with Gasteiger partial charge in [0.25, 0.3) is 0 Å². The smallest absolute Gasteiger partial charge is 0.240 e. The van der Waals surface area contributed by atoms with Crippen molar-refractivity contribution >= 4 is 21.6 Å². The lowest BCUT2D eigenvalue weighted by Crippen LogP contribution is -2.32. The van der Waals surface area contributed by atoms with E-state index in [2.05, 4.69) is 4.72 Å². The summed E-state index contributed by atoms with van der Waals surface area (Å²) in [7, 11) is -3.59. The third-order valence-electron chi connectivity index (χ3n) is 3.16. The van der Waals surface area contributed by atoms with Gasteiger partial charge in [0.15, 0.2) is 0 Å². The number of benzene rings is 1. The predicted octanol–water partition coefficient (Wildman–Crippen LogP) is 2.72. The molecule has 0 spiro atoms. The SMILES string of the molecule is Cc1ccc(S(=O)(=O)NCC[C@H](O)C(C)(C)C)cc1Cl. The Bertz CT molecular complexity index is 564. The van der Waals surface area contributed by atoms with Crippen molar-refractivity contribution in [2.24, 2.45) is 5.41 Å². The van der Waals surface area contributed by atoms with Crippen LogP contribution in [-0.2, 0) is 10.0 Å². The summed E-state index contributed by atoms with van der Waals surface area (Å²) in [6, 6.07) is 4.62. The van der Waals surface area contributed by atoms with E-state index >= 15 is 0 Å². The quantitative estimate of drug-likeness (QED) is 0.877. The Morgan fingerprint density at radius 2 is 1.95 bits per heavy atom. The first kappa shape index (κ1) is 17.4. The lowest BCUT2D eigenvalue weighted by Gasteiger charge is -2.25. The van der Waals surface area contributed by atoms with E-state index in [0.717, 1.165) is 5.56 Å². The minimum Gasteiger partial charge on any atom is -0.393 e. The van der Waals surface area contributed by atoms with E-state index in [4.69, 9.17) is 11.6 Å². The molecule has 20 heavy (non-hydrogen) atoms. The molecule has 1 rings (SSSR count). The Labute approximate surface area is 126 Å². The fraction of sp³-hybridized carbons (Fsp3) is 0.571. The molecule has 114 valence electrons. The number of halogens is 1. The van der Waals surface area contributed by atoms with E-state index in [-0.39, 0.29) is 16.9 Å². The van der Waals surface area contributed by atoms with Gasteiger partial charge < -0.3 is 5.11 Å². The number of aliphatic hydroxyl groups excluding tert-OH is 1. The standard InChI is InChI=1S/C14H22ClNO3S/c1-10-5-6-11(9-12(10)15)20(18,19)16-8-7-13(17)14(2,3)4/h5-6,9,13,16-17H,7-8H2,1-4H3/t13-/m0/s1. The van der Waals surface area contributed by atoms with E-state index in [1.165, 1.54) is 12.1 Å². The summed E-state index contributed by atoms with van der Waals surface area (Å²) in [4.78, 5) is 0.137. The zero-order chi connectivity index (χ0) is 15.6. The Balaban J connectivity index is 2.69. The minimum atomic E-state index is -3.59. The number of nitrogens with one attached hydrogen (secondary N) is 1. The molecule has 0 bridgehead atoms. The molecule has 0 saturated heterocycles. The Morgan fingerprint density at radius 1 is 1.35 bits per heavy atom. The third kappa shape index (κ3) is 4.74. The highest BCUT2D eigenvalue weighted by Gasteiger charge is 2.22. The molecule has 2 N–H and O–H groups in total. The highest BCUT2D eigenvalue weighted by molar-refractivity contribution is 7.89. The van der Waals surface area contributed by atoms with Gasteiger partial charge in [-0.15, -0.1) is 0 Å². The van der Waals surface area contributed by atoms with Crippen molar-refractivity contribution in [1.82, 2.24) is 4.72 Å². The third-order valence-corrected chi connectivity index (χ3v) is 5.03. The molecule has 0 fully saturated rings. The summed E-state index contributed by atoms with van der Waals surface area (Å²) >= 11 is 5.93. The molecule has 0 amide bonds. The second-order valence-corrected chi connectivity index (χ2v) is 8.15. The zero-order valence-corrected chi connectivity index (χ0v) is 13.8. The van der Waals surface area contributed by atoms with Crippen LogP contribution in [0.5, 0.6) is 0 Å². The highest BCUT2D eigenvalue weighted by atomic mass is 35.5. The van der Waals surface area contributed by atoms with Gasteiger partial charge in [-0.3, -0.25) is 0 Å². The number of hydrogen-bond acceptors (Lipinski definition) is 3. The zero-order valence-electron chi connectivity index (χ0n) is 12.3. The lowest BCUT2D eigenvalue weighted by atomic mass is 9.87. The molecule has 1 aromatic carbocycles. The second-order valence-electron chi connectivity index (χ2n) is 5.98. The van der Waals surface area contributed by atoms with Gasteiger partial charge in [-0.2, -0.15) is 0 Å². The monoisotopic (exact) mass is 319 g/mol. The van der Waals surface area contributed by atoms with Crippen LogP contribution in [0.4, 0.5) is 0 Å². The lowest BCUT2D eigenvalue weighted by molar-refractivity contribution is 0.0571. The molecule has 0 aliphatic carbocycles. The van der Waals surface area contributed by atoms with Crippen LogP contribution in [0.1, 0.15) is 32.8 Å². The molecule has 6 heteroatoms. The van der Waals surface area contributed by atoms with Gasteiger partial charge in [-0.25, -0.2) is 13.1 Å². The summed E-state index contributed by atoms with van der Waals surface area (Å²) in [5.74, 6) is 0. The molecule has 0 aromatic heterocycles. The van der Waals surface area contributed by atoms with E-state index in [1.54, 1.807) is 6.07 Å². The van der Waals surface area contributed by atoms with Gasteiger partial charge >= 0.3 is 0 Å². The summed E-state index contributed by atoms with van der Waals surface area (Å²) in [5.41, 5.74) is 0.562. The number of aryl methyl sites for hydroxylation is 1. The van der Waals surface area contributed by atoms with Gasteiger partial charge in [0.1, 0.15) is 0 Å². The molecule has 1 aromatic rings. The van der Waals surface area contributed by atoms with Crippen molar-refractivity contribution < 1.29 is 13.5 Å². The maximum Gasteiger partial charge on any atom is 0.240 e. The first-order valence-electron chi connectivity index (χ1n) is 6.48. The van der Waals surface area contributed by atoms with Gasteiger partial charge in [-0.05, 0) is 36.5 Å². The predicted molar refractivity (Wildman–Crippen MR) is 81.5 cm³/mol. The number of rotatable bonds is 5. The molecule has 0 aliphatic heterocycles. The van der Waals surface area contributed by atoms with Gasteiger partial charge in [0, 0.05) is 11.6 Å². The molecule has 0 radical (unpaired) electrons. The average molecular weight is 320 g/mol. The van der Waals surface area contributed by atoms with Gasteiger partial charge in [0.2, 0.25) is 10.0 Å². The van der Waals surface area contributed by atoms with Crippen LogP contribution in [0.25, 0.3) is 0 Å². The molecular weight excluding hydrogens is 298 g/mol. The second kappa shape index (κ2) is 6.43.